The SMILES string of the molecule is CCc1ccccc1NC(=O)Cn1cnc2c(-c3ccncc3)nsc2c1=O. The van der Waals surface area contributed by atoms with Crippen molar-refractivity contribution in [1.82, 2.24) is 18.9 Å². The number of nitrogens with zero attached hydrogens (tertiary/aromatic N) is 4. The maximum Gasteiger partial charge on any atom is 0.273 e. The van der Waals surface area contributed by atoms with Crippen molar-refractivity contribution in [3.8, 4) is 11.3 Å². The highest BCUT2D eigenvalue weighted by Gasteiger charge is 2.15. The van der Waals surface area contributed by atoms with Gasteiger partial charge in [-0.3, -0.25) is 19.1 Å². The second kappa shape index (κ2) is 7.69. The van der Waals surface area contributed by atoms with Crippen molar-refractivity contribution in [2.45, 2.75) is 19.9 Å². The van der Waals surface area contributed by atoms with Crippen LogP contribution in [0.4, 0.5) is 5.69 Å². The third-order valence-corrected chi connectivity index (χ3v) is 5.21. The second-order valence-corrected chi connectivity index (χ2v) is 6.95. The highest BCUT2D eigenvalue weighted by Crippen LogP contribution is 2.26. The van der Waals surface area contributed by atoms with Crippen molar-refractivity contribution in [2.24, 2.45) is 0 Å². The smallest absolute Gasteiger partial charge is 0.273 e. The minimum atomic E-state index is -0.276. The maximum absolute atomic E-state index is 12.8. The van der Waals surface area contributed by atoms with Gasteiger partial charge in [0.1, 0.15) is 22.5 Å². The molecular formula is C20H17N5O2S. The third kappa shape index (κ3) is 3.41. The molecule has 0 spiro atoms. The number of para-hydroxylation sites is 1. The molecule has 0 radical (unpaired) electrons. The molecule has 4 rings (SSSR count). The van der Waals surface area contributed by atoms with Crippen LogP contribution in [0, 0.1) is 0 Å². The molecule has 4 aromatic rings. The summed E-state index contributed by atoms with van der Waals surface area (Å²) < 4.78 is 6.11. The lowest BCUT2D eigenvalue weighted by molar-refractivity contribution is -0.116. The van der Waals surface area contributed by atoms with Gasteiger partial charge in [0.15, 0.2) is 0 Å². The van der Waals surface area contributed by atoms with Crippen molar-refractivity contribution < 1.29 is 4.79 Å². The first kappa shape index (κ1) is 18.0. The molecule has 7 nitrogen and oxygen atoms in total. The van der Waals surface area contributed by atoms with Gasteiger partial charge in [0.25, 0.3) is 5.56 Å². The van der Waals surface area contributed by atoms with Crippen molar-refractivity contribution in [3.05, 3.63) is 71.0 Å². The quantitative estimate of drug-likeness (QED) is 0.565. The monoisotopic (exact) mass is 391 g/mol. The van der Waals surface area contributed by atoms with Crippen LogP contribution in [0.2, 0.25) is 0 Å². The average Bonchev–Trinajstić information content (AvgIpc) is 3.16. The van der Waals surface area contributed by atoms with Gasteiger partial charge in [-0.15, -0.1) is 0 Å². The normalized spacial score (nSPS) is 10.9. The van der Waals surface area contributed by atoms with E-state index >= 15 is 0 Å². The largest absolute Gasteiger partial charge is 0.324 e. The molecule has 0 saturated heterocycles. The Hall–Kier alpha value is -3.39. The Kier molecular flexibility index (Phi) is 4.94. The van der Waals surface area contributed by atoms with E-state index in [-0.39, 0.29) is 18.0 Å². The number of aryl methyl sites for hydroxylation is 1. The molecule has 3 aromatic heterocycles. The summed E-state index contributed by atoms with van der Waals surface area (Å²) in [5.74, 6) is -0.275. The van der Waals surface area contributed by atoms with Crippen LogP contribution in [-0.4, -0.2) is 24.8 Å². The average molecular weight is 391 g/mol. The minimum Gasteiger partial charge on any atom is -0.324 e. The molecule has 3 heterocycles. The Bertz CT molecular complexity index is 1200. The van der Waals surface area contributed by atoms with Gasteiger partial charge in [0.05, 0.1) is 6.33 Å². The van der Waals surface area contributed by atoms with E-state index in [1.165, 1.54) is 10.9 Å². The van der Waals surface area contributed by atoms with E-state index in [2.05, 4.69) is 19.7 Å². The summed E-state index contributed by atoms with van der Waals surface area (Å²) in [7, 11) is 0. The van der Waals surface area contributed by atoms with Crippen LogP contribution in [-0.2, 0) is 17.8 Å². The molecule has 0 fully saturated rings. The minimum absolute atomic E-state index is 0.109. The number of carbonyl (C=O) groups is 1. The number of fused-ring (bicyclic) bond motifs is 1. The number of amides is 1. The second-order valence-electron chi connectivity index (χ2n) is 6.18. The van der Waals surface area contributed by atoms with Crippen molar-refractivity contribution in [3.63, 3.8) is 0 Å². The van der Waals surface area contributed by atoms with Crippen molar-refractivity contribution in [2.75, 3.05) is 5.32 Å². The number of benzene rings is 1. The number of nitrogens with one attached hydrogen (secondary N) is 1. The van der Waals surface area contributed by atoms with Crippen LogP contribution in [0.5, 0.6) is 0 Å². The summed E-state index contributed by atoms with van der Waals surface area (Å²) in [6.07, 6.45) is 5.54. The molecule has 0 bridgehead atoms. The summed E-state index contributed by atoms with van der Waals surface area (Å²) in [6, 6.07) is 11.3. The van der Waals surface area contributed by atoms with Crippen LogP contribution in [0.3, 0.4) is 0 Å². The first-order chi connectivity index (χ1) is 13.7. The van der Waals surface area contributed by atoms with Crippen LogP contribution >= 0.6 is 11.5 Å². The molecule has 1 amide bonds. The molecule has 1 N–H and O–H groups in total. The Labute approximate surface area is 164 Å². The standard InChI is InChI=1S/C20H17N5O2S/c1-2-13-5-3-4-6-15(13)23-16(26)11-25-12-22-18-17(14-7-9-21-10-8-14)24-28-19(18)20(25)27/h3-10,12H,2,11H2,1H3,(H,23,26). The van der Waals surface area contributed by atoms with E-state index < -0.39 is 0 Å². The molecule has 28 heavy (non-hydrogen) atoms. The zero-order valence-electron chi connectivity index (χ0n) is 15.1. The first-order valence-electron chi connectivity index (χ1n) is 8.80. The Morgan fingerprint density at radius 2 is 1.96 bits per heavy atom. The van der Waals surface area contributed by atoms with Crippen LogP contribution in [0.15, 0.2) is 59.9 Å². The number of aromatic nitrogens is 4. The van der Waals surface area contributed by atoms with Crippen molar-refractivity contribution >= 4 is 33.3 Å². The van der Waals surface area contributed by atoms with Gasteiger partial charge in [-0.25, -0.2) is 4.98 Å². The lowest BCUT2D eigenvalue weighted by Gasteiger charge is -2.10. The summed E-state index contributed by atoms with van der Waals surface area (Å²) in [4.78, 5) is 33.6. The molecule has 0 aliphatic heterocycles. The highest BCUT2D eigenvalue weighted by molar-refractivity contribution is 7.13. The maximum atomic E-state index is 12.8. The Morgan fingerprint density at radius 3 is 2.75 bits per heavy atom. The highest BCUT2D eigenvalue weighted by atomic mass is 32.1. The zero-order valence-corrected chi connectivity index (χ0v) is 15.9. The number of carbonyl (C=O) groups excluding carboxylic acids is 1. The van der Waals surface area contributed by atoms with Gasteiger partial charge in [-0.2, -0.15) is 4.37 Å². The van der Waals surface area contributed by atoms with Gasteiger partial charge in [-0.05, 0) is 41.7 Å². The molecule has 1 aromatic carbocycles. The first-order valence-corrected chi connectivity index (χ1v) is 9.57. The predicted octanol–water partition coefficient (Wildman–Crippen LogP) is 3.12. The summed E-state index contributed by atoms with van der Waals surface area (Å²) >= 11 is 1.09. The molecule has 0 aliphatic carbocycles. The zero-order chi connectivity index (χ0) is 19.5. The van der Waals surface area contributed by atoms with E-state index in [1.54, 1.807) is 12.4 Å². The van der Waals surface area contributed by atoms with Gasteiger partial charge in [0, 0.05) is 23.6 Å². The van der Waals surface area contributed by atoms with Gasteiger partial charge in [-0.1, -0.05) is 25.1 Å². The number of rotatable bonds is 5. The third-order valence-electron chi connectivity index (χ3n) is 4.39. The molecule has 0 unspecified atom stereocenters. The number of hydrogen-bond donors (Lipinski definition) is 1. The lowest BCUT2D eigenvalue weighted by Crippen LogP contribution is -2.27. The Balaban J connectivity index is 1.61. The number of hydrogen-bond acceptors (Lipinski definition) is 6. The molecule has 0 aliphatic rings. The number of pyridine rings is 1. The topological polar surface area (TPSA) is 89.8 Å². The number of anilines is 1. The van der Waals surface area contributed by atoms with E-state index in [1.807, 2.05) is 43.3 Å². The van der Waals surface area contributed by atoms with Crippen LogP contribution in [0.1, 0.15) is 12.5 Å². The van der Waals surface area contributed by atoms with E-state index in [0.717, 1.165) is 34.8 Å². The Morgan fingerprint density at radius 1 is 1.18 bits per heavy atom. The summed E-state index contributed by atoms with van der Waals surface area (Å²) in [5.41, 5.74) is 3.56. The molecule has 8 heteroatoms. The molecule has 0 atom stereocenters. The molecular weight excluding hydrogens is 374 g/mol. The van der Waals surface area contributed by atoms with E-state index in [4.69, 9.17) is 0 Å². The fourth-order valence-electron chi connectivity index (χ4n) is 2.96. The van der Waals surface area contributed by atoms with Gasteiger partial charge >= 0.3 is 0 Å². The van der Waals surface area contributed by atoms with Gasteiger partial charge in [0.2, 0.25) is 5.91 Å². The fraction of sp³-hybridized carbons (Fsp3) is 0.150. The summed E-state index contributed by atoms with van der Waals surface area (Å²) in [6.45, 7) is 1.92. The summed E-state index contributed by atoms with van der Waals surface area (Å²) in [5, 5.41) is 2.87. The van der Waals surface area contributed by atoms with Crippen molar-refractivity contribution in [1.29, 1.82) is 0 Å². The molecule has 140 valence electrons. The van der Waals surface area contributed by atoms with E-state index in [9.17, 15) is 9.59 Å². The lowest BCUT2D eigenvalue weighted by atomic mass is 10.1. The van der Waals surface area contributed by atoms with Gasteiger partial charge < -0.3 is 5.32 Å². The molecule has 0 saturated carbocycles. The van der Waals surface area contributed by atoms with Crippen LogP contribution < -0.4 is 10.9 Å². The predicted molar refractivity (Wildman–Crippen MR) is 109 cm³/mol. The van der Waals surface area contributed by atoms with E-state index in [0.29, 0.717) is 15.9 Å². The fourth-order valence-corrected chi connectivity index (χ4v) is 3.77. The van der Waals surface area contributed by atoms with Crippen LogP contribution in [0.25, 0.3) is 21.5 Å².